The molecule has 1 aromatic heterocycles. The predicted molar refractivity (Wildman–Crippen MR) is 122 cm³/mol. The van der Waals surface area contributed by atoms with Crippen LogP contribution >= 0.6 is 15.9 Å². The van der Waals surface area contributed by atoms with Crippen LogP contribution in [0.3, 0.4) is 0 Å². The Kier molecular flexibility index (Phi) is 5.51. The quantitative estimate of drug-likeness (QED) is 0.249. The van der Waals surface area contributed by atoms with Crippen LogP contribution in [0.2, 0.25) is 0 Å². The number of nitrogens with one attached hydrogen (secondary N) is 1. The van der Waals surface area contributed by atoms with Crippen LogP contribution in [0.4, 0.5) is 11.4 Å². The summed E-state index contributed by atoms with van der Waals surface area (Å²) in [6.07, 6.45) is 4.51. The average Bonchev–Trinajstić information content (AvgIpc) is 3.57. The van der Waals surface area contributed by atoms with Gasteiger partial charge in [0.05, 0.1) is 36.0 Å². The number of ether oxygens (including phenoxy) is 1. The van der Waals surface area contributed by atoms with Crippen molar-refractivity contribution in [2.24, 2.45) is 23.7 Å². The molecule has 1 saturated heterocycles. The molecule has 11 heteroatoms. The van der Waals surface area contributed by atoms with Gasteiger partial charge in [-0.2, -0.15) is 0 Å². The molecular formula is C23H20BrN3O7. The molecule has 1 aromatic carbocycles. The van der Waals surface area contributed by atoms with Crippen molar-refractivity contribution < 1.29 is 28.5 Å². The molecule has 10 nitrogen and oxygen atoms in total. The number of likely N-dealkylation sites (tertiary alicyclic amines) is 1. The number of imide groups is 1. The van der Waals surface area contributed by atoms with Gasteiger partial charge in [-0.25, -0.2) is 0 Å². The van der Waals surface area contributed by atoms with Crippen molar-refractivity contribution in [3.63, 3.8) is 0 Å². The van der Waals surface area contributed by atoms with Crippen molar-refractivity contribution in [2.45, 2.75) is 18.9 Å². The summed E-state index contributed by atoms with van der Waals surface area (Å²) in [7, 11) is 1.38. The zero-order valence-electron chi connectivity index (χ0n) is 18.0. The average molecular weight is 530 g/mol. The molecule has 2 heterocycles. The number of anilines is 1. The van der Waals surface area contributed by atoms with E-state index in [4.69, 9.17) is 9.15 Å². The third-order valence-electron chi connectivity index (χ3n) is 6.79. The zero-order chi connectivity index (χ0) is 24.1. The van der Waals surface area contributed by atoms with Gasteiger partial charge in [-0.1, -0.05) is 12.2 Å². The molecule has 34 heavy (non-hydrogen) atoms. The van der Waals surface area contributed by atoms with Gasteiger partial charge in [0, 0.05) is 12.1 Å². The number of fused-ring (bicyclic) bond motifs is 5. The zero-order valence-corrected chi connectivity index (χ0v) is 19.6. The fourth-order valence-electron chi connectivity index (χ4n) is 5.34. The second kappa shape index (κ2) is 8.39. The molecule has 5 atom stereocenters. The van der Waals surface area contributed by atoms with E-state index in [2.05, 4.69) is 21.2 Å². The van der Waals surface area contributed by atoms with E-state index in [1.165, 1.54) is 25.3 Å². The number of methoxy groups -OCH3 is 1. The molecular weight excluding hydrogens is 510 g/mol. The van der Waals surface area contributed by atoms with Gasteiger partial charge in [0.25, 0.3) is 5.69 Å². The monoisotopic (exact) mass is 529 g/mol. The minimum Gasteiger partial charge on any atom is -0.495 e. The van der Waals surface area contributed by atoms with Gasteiger partial charge in [0.1, 0.15) is 17.6 Å². The number of hydrogen-bond donors (Lipinski definition) is 1. The van der Waals surface area contributed by atoms with E-state index in [9.17, 15) is 24.5 Å². The smallest absolute Gasteiger partial charge is 0.271 e. The molecule has 2 aliphatic carbocycles. The van der Waals surface area contributed by atoms with Gasteiger partial charge in [-0.15, -0.1) is 0 Å². The number of carbonyl (C=O) groups excluding carboxylic acids is 3. The Balaban J connectivity index is 1.43. The second-order valence-electron chi connectivity index (χ2n) is 8.60. The molecule has 176 valence electrons. The molecule has 3 aliphatic rings. The van der Waals surface area contributed by atoms with E-state index < -0.39 is 28.7 Å². The molecule has 2 bridgehead atoms. The molecule has 0 spiro atoms. The molecule has 2 aromatic rings. The molecule has 3 amide bonds. The number of hydrogen-bond acceptors (Lipinski definition) is 7. The van der Waals surface area contributed by atoms with E-state index in [1.54, 1.807) is 12.1 Å². The Bertz CT molecular complexity index is 1210. The van der Waals surface area contributed by atoms with Crippen LogP contribution in [-0.4, -0.2) is 34.7 Å². The number of furan rings is 1. The lowest BCUT2D eigenvalue weighted by molar-refractivity contribution is -0.384. The van der Waals surface area contributed by atoms with Gasteiger partial charge < -0.3 is 14.5 Å². The molecule has 2 fully saturated rings. The fourth-order valence-corrected chi connectivity index (χ4v) is 5.66. The summed E-state index contributed by atoms with van der Waals surface area (Å²) in [6, 6.07) is 6.11. The van der Waals surface area contributed by atoms with E-state index in [1.807, 2.05) is 12.2 Å². The van der Waals surface area contributed by atoms with E-state index in [-0.39, 0.29) is 53.0 Å². The Morgan fingerprint density at radius 3 is 2.47 bits per heavy atom. The number of halogens is 1. The Labute approximate surface area is 202 Å². The van der Waals surface area contributed by atoms with Crippen LogP contribution in [-0.2, 0) is 14.4 Å². The van der Waals surface area contributed by atoms with Gasteiger partial charge in [-0.05, 0) is 52.4 Å². The lowest BCUT2D eigenvalue weighted by Crippen LogP contribution is -2.38. The number of carbonyl (C=O) groups is 3. The first-order valence-electron chi connectivity index (χ1n) is 10.7. The fraction of sp³-hybridized carbons (Fsp3) is 0.348. The summed E-state index contributed by atoms with van der Waals surface area (Å²) in [4.78, 5) is 51.5. The van der Waals surface area contributed by atoms with Crippen molar-refractivity contribution in [1.29, 1.82) is 0 Å². The number of benzene rings is 1. The van der Waals surface area contributed by atoms with Crippen LogP contribution in [0.5, 0.6) is 5.75 Å². The summed E-state index contributed by atoms with van der Waals surface area (Å²) < 4.78 is 11.3. The first-order valence-corrected chi connectivity index (χ1v) is 11.5. The number of nitro groups is 1. The topological polar surface area (TPSA) is 132 Å². The lowest BCUT2D eigenvalue weighted by atomic mass is 9.85. The van der Waals surface area contributed by atoms with Crippen molar-refractivity contribution in [2.75, 3.05) is 12.4 Å². The lowest BCUT2D eigenvalue weighted by Gasteiger charge is -2.26. The Morgan fingerprint density at radius 2 is 1.91 bits per heavy atom. The van der Waals surface area contributed by atoms with Crippen LogP contribution in [0.1, 0.15) is 24.6 Å². The second-order valence-corrected chi connectivity index (χ2v) is 9.38. The Hall–Kier alpha value is -3.47. The van der Waals surface area contributed by atoms with Gasteiger partial charge in [0.15, 0.2) is 4.67 Å². The highest BCUT2D eigenvalue weighted by atomic mass is 79.9. The third kappa shape index (κ3) is 3.60. The summed E-state index contributed by atoms with van der Waals surface area (Å²) >= 11 is 3.23. The summed E-state index contributed by atoms with van der Waals surface area (Å²) in [6.45, 7) is 0. The maximum absolute atomic E-state index is 13.4. The predicted octanol–water partition coefficient (Wildman–Crippen LogP) is 3.84. The van der Waals surface area contributed by atoms with E-state index >= 15 is 0 Å². The van der Waals surface area contributed by atoms with Crippen molar-refractivity contribution in [3.05, 3.63) is 63.0 Å². The van der Waals surface area contributed by atoms with Crippen LogP contribution in [0.25, 0.3) is 0 Å². The van der Waals surface area contributed by atoms with Crippen molar-refractivity contribution >= 4 is 45.0 Å². The number of rotatable bonds is 7. The molecule has 5 rings (SSSR count). The number of nitrogens with zero attached hydrogens (tertiary/aromatic N) is 2. The maximum atomic E-state index is 13.4. The van der Waals surface area contributed by atoms with Gasteiger partial charge in [0.2, 0.25) is 17.7 Å². The van der Waals surface area contributed by atoms with Crippen LogP contribution in [0, 0.1) is 33.8 Å². The molecule has 1 aliphatic heterocycles. The van der Waals surface area contributed by atoms with Gasteiger partial charge in [-0.3, -0.25) is 29.4 Å². The molecule has 5 unspecified atom stereocenters. The molecule has 1 N–H and O–H groups in total. The normalized spacial score (nSPS) is 25.5. The van der Waals surface area contributed by atoms with Crippen LogP contribution < -0.4 is 10.1 Å². The summed E-state index contributed by atoms with van der Waals surface area (Å²) in [5.41, 5.74) is -0.109. The van der Waals surface area contributed by atoms with Crippen molar-refractivity contribution in [1.82, 2.24) is 4.90 Å². The van der Waals surface area contributed by atoms with E-state index in [0.29, 0.717) is 4.67 Å². The first kappa shape index (κ1) is 22.3. The maximum Gasteiger partial charge on any atom is 0.271 e. The highest BCUT2D eigenvalue weighted by molar-refractivity contribution is 9.10. The SMILES string of the molecule is COc1ccc([N+](=O)[O-])cc1NC(=O)CC(c1ccc(Br)o1)N1C(=O)C2C3C=CC(C3)C2C1=O. The number of nitro benzene ring substituents is 1. The van der Waals surface area contributed by atoms with Gasteiger partial charge >= 0.3 is 0 Å². The minimum atomic E-state index is -0.957. The minimum absolute atomic E-state index is 0.0309. The standard InChI is InChI=1S/C23H20BrN3O7/c1-33-16-5-4-13(27(31)32)9-14(16)25-19(28)10-15(17-6-7-18(24)34-17)26-22(29)20-11-2-3-12(8-11)21(20)23(26)30/h2-7,9,11-12,15,20-21H,8,10H2,1H3,(H,25,28). The third-order valence-corrected chi connectivity index (χ3v) is 7.21. The van der Waals surface area contributed by atoms with Crippen LogP contribution in [0.15, 0.2) is 51.6 Å². The number of allylic oxidation sites excluding steroid dienone is 2. The highest BCUT2D eigenvalue weighted by Gasteiger charge is 2.60. The first-order chi connectivity index (χ1) is 16.3. The molecule has 1 saturated carbocycles. The van der Waals surface area contributed by atoms with Crippen molar-refractivity contribution in [3.8, 4) is 5.75 Å². The largest absolute Gasteiger partial charge is 0.495 e. The highest BCUT2D eigenvalue weighted by Crippen LogP contribution is 2.54. The molecule has 0 radical (unpaired) electrons. The number of non-ortho nitro benzene ring substituents is 1. The summed E-state index contributed by atoms with van der Waals surface area (Å²) in [5, 5.41) is 13.8. The van der Waals surface area contributed by atoms with E-state index in [0.717, 1.165) is 11.3 Å². The number of amides is 3. The summed E-state index contributed by atoms with van der Waals surface area (Å²) in [5.74, 6) is -1.40. The Morgan fingerprint density at radius 1 is 1.24 bits per heavy atom.